The fourth-order valence-electron chi connectivity index (χ4n) is 3.28. The van der Waals surface area contributed by atoms with Crippen LogP contribution in [0.15, 0.2) is 24.3 Å². The number of benzene rings is 1. The molecule has 1 fully saturated rings. The van der Waals surface area contributed by atoms with Gasteiger partial charge in [-0.25, -0.2) is 4.79 Å². The summed E-state index contributed by atoms with van der Waals surface area (Å²) >= 11 is 0. The maximum Gasteiger partial charge on any atom is 0.321 e. The number of hydrogen-bond donors (Lipinski definition) is 3. The standard InChI is InChI=1S/C20H31N3O2/c1-4-16-10-12-17(13-11-16)14-23(3)15(2)19(24)22-20(25)21-18-8-6-5-7-9-18/h10-13,15,18H,4-9,14H2,1-3H3,(H2,21,22,24,25)/p+1/t15-/m0/s1. The van der Waals surface area contributed by atoms with Gasteiger partial charge in [0.15, 0.2) is 6.04 Å². The molecule has 0 bridgehead atoms. The van der Waals surface area contributed by atoms with Crippen molar-refractivity contribution < 1.29 is 14.5 Å². The summed E-state index contributed by atoms with van der Waals surface area (Å²) < 4.78 is 0. The van der Waals surface area contributed by atoms with Crippen molar-refractivity contribution in [2.75, 3.05) is 7.05 Å². The second kappa shape index (κ2) is 9.56. The third-order valence-electron chi connectivity index (χ3n) is 5.22. The SMILES string of the molecule is CCc1ccc(C[NH+](C)[C@@H](C)C(=O)NC(=O)NC2CCCCC2)cc1. The molecule has 25 heavy (non-hydrogen) atoms. The number of amides is 3. The number of imide groups is 1. The summed E-state index contributed by atoms with van der Waals surface area (Å²) in [6.07, 6.45) is 6.59. The zero-order valence-corrected chi connectivity index (χ0v) is 15.7. The summed E-state index contributed by atoms with van der Waals surface area (Å²) in [6.45, 7) is 4.75. The third-order valence-corrected chi connectivity index (χ3v) is 5.22. The Morgan fingerprint density at radius 2 is 1.72 bits per heavy atom. The van der Waals surface area contributed by atoms with Crippen LogP contribution in [0.25, 0.3) is 0 Å². The molecule has 2 rings (SSSR count). The van der Waals surface area contributed by atoms with Gasteiger partial charge >= 0.3 is 6.03 Å². The number of carbonyl (C=O) groups is 2. The Hall–Kier alpha value is -1.88. The molecule has 5 heteroatoms. The van der Waals surface area contributed by atoms with E-state index < -0.39 is 0 Å². The summed E-state index contributed by atoms with van der Waals surface area (Å²) in [7, 11) is 1.98. The molecule has 0 radical (unpaired) electrons. The Balaban J connectivity index is 1.79. The smallest absolute Gasteiger partial charge is 0.321 e. The maximum atomic E-state index is 12.3. The molecule has 1 unspecified atom stereocenters. The van der Waals surface area contributed by atoms with Gasteiger partial charge in [-0.2, -0.15) is 0 Å². The Kier molecular flexibility index (Phi) is 7.44. The highest BCUT2D eigenvalue weighted by Gasteiger charge is 2.25. The lowest BCUT2D eigenvalue weighted by atomic mass is 9.96. The molecule has 1 aliphatic carbocycles. The minimum absolute atomic E-state index is 0.207. The first-order valence-corrected chi connectivity index (χ1v) is 9.51. The van der Waals surface area contributed by atoms with Crippen LogP contribution in [0.5, 0.6) is 0 Å². The number of hydrogen-bond acceptors (Lipinski definition) is 2. The van der Waals surface area contributed by atoms with Crippen molar-refractivity contribution in [2.24, 2.45) is 0 Å². The summed E-state index contributed by atoms with van der Waals surface area (Å²) in [5.74, 6) is -0.226. The number of quaternary nitrogens is 1. The fraction of sp³-hybridized carbons (Fsp3) is 0.600. The Morgan fingerprint density at radius 3 is 2.32 bits per heavy atom. The van der Waals surface area contributed by atoms with Crippen molar-refractivity contribution in [1.82, 2.24) is 10.6 Å². The van der Waals surface area contributed by atoms with Gasteiger partial charge in [0.2, 0.25) is 0 Å². The molecule has 1 aromatic rings. The zero-order valence-electron chi connectivity index (χ0n) is 15.7. The van der Waals surface area contributed by atoms with Gasteiger partial charge in [0.05, 0.1) is 7.05 Å². The van der Waals surface area contributed by atoms with Crippen LogP contribution in [0.1, 0.15) is 57.1 Å². The Labute approximate surface area is 151 Å². The minimum Gasteiger partial charge on any atom is -0.335 e. The molecule has 2 atom stereocenters. The second-order valence-corrected chi connectivity index (χ2v) is 7.21. The molecule has 1 saturated carbocycles. The average Bonchev–Trinajstić information content (AvgIpc) is 2.62. The van der Waals surface area contributed by atoms with E-state index >= 15 is 0 Å². The minimum atomic E-state index is -0.358. The quantitative estimate of drug-likeness (QED) is 0.736. The normalized spacial score (nSPS) is 17.6. The number of aryl methyl sites for hydroxylation is 1. The lowest BCUT2D eigenvalue weighted by molar-refractivity contribution is -0.908. The Bertz CT molecular complexity index is 565. The number of urea groups is 1. The van der Waals surface area contributed by atoms with Crippen LogP contribution in [0, 0.1) is 0 Å². The molecular weight excluding hydrogens is 314 g/mol. The van der Waals surface area contributed by atoms with Gasteiger partial charge in [0.1, 0.15) is 6.54 Å². The number of likely N-dealkylation sites (N-methyl/N-ethyl adjacent to an activating group) is 1. The molecule has 0 saturated heterocycles. The van der Waals surface area contributed by atoms with Crippen LogP contribution in [-0.4, -0.2) is 31.1 Å². The second-order valence-electron chi connectivity index (χ2n) is 7.21. The van der Waals surface area contributed by atoms with Gasteiger partial charge in [0, 0.05) is 11.6 Å². The zero-order chi connectivity index (χ0) is 18.2. The monoisotopic (exact) mass is 346 g/mol. The molecule has 1 aromatic carbocycles. The molecule has 3 amide bonds. The molecule has 0 heterocycles. The van der Waals surface area contributed by atoms with Crippen molar-refractivity contribution in [3.05, 3.63) is 35.4 Å². The van der Waals surface area contributed by atoms with Gasteiger partial charge in [-0.05, 0) is 31.7 Å². The molecule has 138 valence electrons. The maximum absolute atomic E-state index is 12.3. The van der Waals surface area contributed by atoms with E-state index in [2.05, 4.69) is 41.8 Å². The van der Waals surface area contributed by atoms with E-state index in [-0.39, 0.29) is 24.0 Å². The van der Waals surface area contributed by atoms with Crippen LogP contribution >= 0.6 is 0 Å². The first-order valence-electron chi connectivity index (χ1n) is 9.51. The first-order chi connectivity index (χ1) is 12.0. The van der Waals surface area contributed by atoms with Crippen LogP contribution in [0.4, 0.5) is 4.79 Å². The van der Waals surface area contributed by atoms with E-state index in [1.807, 2.05) is 14.0 Å². The van der Waals surface area contributed by atoms with E-state index in [9.17, 15) is 9.59 Å². The fourth-order valence-corrected chi connectivity index (χ4v) is 3.28. The average molecular weight is 346 g/mol. The lowest BCUT2D eigenvalue weighted by Crippen LogP contribution is -3.12. The molecule has 1 aliphatic rings. The van der Waals surface area contributed by atoms with Crippen molar-refractivity contribution in [2.45, 2.75) is 71.0 Å². The number of carbonyl (C=O) groups excluding carboxylic acids is 2. The highest BCUT2D eigenvalue weighted by molar-refractivity contribution is 5.96. The summed E-state index contributed by atoms with van der Waals surface area (Å²) in [6, 6.07) is 8.05. The van der Waals surface area contributed by atoms with Gasteiger partial charge in [-0.1, -0.05) is 50.5 Å². The highest BCUT2D eigenvalue weighted by atomic mass is 16.2. The van der Waals surface area contributed by atoms with Crippen LogP contribution in [-0.2, 0) is 17.8 Å². The van der Waals surface area contributed by atoms with Gasteiger partial charge in [-0.3, -0.25) is 10.1 Å². The molecule has 0 aromatic heterocycles. The first kappa shape index (κ1) is 19.4. The molecular formula is C20H32N3O2+. The van der Waals surface area contributed by atoms with Crippen molar-refractivity contribution >= 4 is 11.9 Å². The third kappa shape index (κ3) is 6.16. The van der Waals surface area contributed by atoms with E-state index in [1.54, 1.807) is 0 Å². The van der Waals surface area contributed by atoms with Crippen LogP contribution in [0.2, 0.25) is 0 Å². The van der Waals surface area contributed by atoms with Crippen LogP contribution < -0.4 is 15.5 Å². The van der Waals surface area contributed by atoms with E-state index in [1.165, 1.54) is 17.5 Å². The lowest BCUT2D eigenvalue weighted by Gasteiger charge is -2.24. The predicted octanol–water partition coefficient (Wildman–Crippen LogP) is 1.81. The van der Waals surface area contributed by atoms with Crippen molar-refractivity contribution in [3.63, 3.8) is 0 Å². The van der Waals surface area contributed by atoms with E-state index in [0.717, 1.165) is 43.5 Å². The van der Waals surface area contributed by atoms with Crippen LogP contribution in [0.3, 0.4) is 0 Å². The number of nitrogens with one attached hydrogen (secondary N) is 3. The highest BCUT2D eigenvalue weighted by Crippen LogP contribution is 2.17. The topological polar surface area (TPSA) is 62.6 Å². The Morgan fingerprint density at radius 1 is 1.12 bits per heavy atom. The van der Waals surface area contributed by atoms with Crippen molar-refractivity contribution in [1.29, 1.82) is 0 Å². The molecule has 0 aliphatic heterocycles. The molecule has 0 spiro atoms. The molecule has 5 nitrogen and oxygen atoms in total. The molecule has 3 N–H and O–H groups in total. The summed E-state index contributed by atoms with van der Waals surface area (Å²) in [4.78, 5) is 25.4. The number of rotatable bonds is 6. The van der Waals surface area contributed by atoms with E-state index in [0.29, 0.717) is 0 Å². The van der Waals surface area contributed by atoms with Crippen molar-refractivity contribution in [3.8, 4) is 0 Å². The summed E-state index contributed by atoms with van der Waals surface area (Å²) in [5.41, 5.74) is 2.51. The summed E-state index contributed by atoms with van der Waals surface area (Å²) in [5, 5.41) is 5.43. The van der Waals surface area contributed by atoms with Gasteiger partial charge in [0.25, 0.3) is 5.91 Å². The van der Waals surface area contributed by atoms with Gasteiger partial charge in [-0.15, -0.1) is 0 Å². The predicted molar refractivity (Wildman–Crippen MR) is 99.4 cm³/mol. The van der Waals surface area contributed by atoms with Gasteiger partial charge < -0.3 is 10.2 Å². The largest absolute Gasteiger partial charge is 0.335 e. The van der Waals surface area contributed by atoms with E-state index in [4.69, 9.17) is 0 Å².